The second kappa shape index (κ2) is 7.90. The Balaban J connectivity index is 2.05. The van der Waals surface area contributed by atoms with Crippen molar-refractivity contribution in [3.05, 3.63) is 29.8 Å². The smallest absolute Gasteiger partial charge is 0.243 e. The van der Waals surface area contributed by atoms with Gasteiger partial charge in [0.1, 0.15) is 0 Å². The molecule has 1 aliphatic rings. The second-order valence-corrected chi connectivity index (χ2v) is 7.74. The zero-order chi connectivity index (χ0) is 16.9. The molecular formula is C16H24N2O4S. The Morgan fingerprint density at radius 3 is 2.70 bits per heavy atom. The van der Waals surface area contributed by atoms with Gasteiger partial charge >= 0.3 is 0 Å². The van der Waals surface area contributed by atoms with E-state index in [1.54, 1.807) is 31.4 Å². The molecule has 1 amide bonds. The summed E-state index contributed by atoms with van der Waals surface area (Å²) in [5.74, 6) is -0.410. The first-order valence-electron chi connectivity index (χ1n) is 7.78. The van der Waals surface area contributed by atoms with Gasteiger partial charge in [-0.1, -0.05) is 17.7 Å². The van der Waals surface area contributed by atoms with Crippen LogP contribution in [0.15, 0.2) is 29.2 Å². The minimum Gasteiger partial charge on any atom is -0.383 e. The van der Waals surface area contributed by atoms with Gasteiger partial charge < -0.3 is 10.1 Å². The second-order valence-electron chi connectivity index (χ2n) is 5.80. The van der Waals surface area contributed by atoms with Gasteiger partial charge in [0.2, 0.25) is 15.9 Å². The van der Waals surface area contributed by atoms with Crippen LogP contribution in [0.2, 0.25) is 0 Å². The monoisotopic (exact) mass is 340 g/mol. The fourth-order valence-corrected chi connectivity index (χ4v) is 4.18. The molecule has 1 atom stereocenters. The maximum atomic E-state index is 12.7. The largest absolute Gasteiger partial charge is 0.383 e. The summed E-state index contributed by atoms with van der Waals surface area (Å²) < 4.78 is 31.7. The van der Waals surface area contributed by atoms with Crippen LogP contribution in [0.4, 0.5) is 0 Å². The predicted octanol–water partition coefficient (Wildman–Crippen LogP) is 1.16. The van der Waals surface area contributed by atoms with E-state index in [0.29, 0.717) is 32.5 Å². The molecule has 0 aromatic heterocycles. The third kappa shape index (κ3) is 4.53. The number of rotatable bonds is 6. The van der Waals surface area contributed by atoms with Gasteiger partial charge in [-0.15, -0.1) is 0 Å². The van der Waals surface area contributed by atoms with Crippen molar-refractivity contribution >= 4 is 15.9 Å². The molecule has 128 valence electrons. The molecule has 1 aliphatic heterocycles. The van der Waals surface area contributed by atoms with Crippen molar-refractivity contribution in [2.75, 3.05) is 33.4 Å². The number of hydrogen-bond acceptors (Lipinski definition) is 4. The van der Waals surface area contributed by atoms with Crippen molar-refractivity contribution in [2.45, 2.75) is 24.7 Å². The molecule has 1 aromatic carbocycles. The van der Waals surface area contributed by atoms with E-state index in [0.717, 1.165) is 5.56 Å². The SMILES string of the molecule is COCCNC(=O)[C@H]1CCCN(S(=O)(=O)c2ccc(C)cc2)C1. The number of ether oxygens (including phenoxy) is 1. The molecule has 7 heteroatoms. The van der Waals surface area contributed by atoms with Crippen LogP contribution in [0.3, 0.4) is 0 Å². The minimum atomic E-state index is -3.54. The van der Waals surface area contributed by atoms with Gasteiger partial charge in [-0.2, -0.15) is 4.31 Å². The molecular weight excluding hydrogens is 316 g/mol. The van der Waals surface area contributed by atoms with Crippen LogP contribution in [-0.2, 0) is 19.6 Å². The normalized spacial score (nSPS) is 19.5. The lowest BCUT2D eigenvalue weighted by Crippen LogP contribution is -2.45. The van der Waals surface area contributed by atoms with E-state index in [1.807, 2.05) is 6.92 Å². The highest BCUT2D eigenvalue weighted by atomic mass is 32.2. The number of carbonyl (C=O) groups excluding carboxylic acids is 1. The number of hydrogen-bond donors (Lipinski definition) is 1. The third-order valence-corrected chi connectivity index (χ3v) is 5.90. The quantitative estimate of drug-likeness (QED) is 0.789. The lowest BCUT2D eigenvalue weighted by Gasteiger charge is -2.31. The molecule has 0 unspecified atom stereocenters. The Kier molecular flexibility index (Phi) is 6.15. The molecule has 6 nitrogen and oxygen atoms in total. The topological polar surface area (TPSA) is 75.7 Å². The van der Waals surface area contributed by atoms with Crippen molar-refractivity contribution in [3.63, 3.8) is 0 Å². The van der Waals surface area contributed by atoms with E-state index in [4.69, 9.17) is 4.74 Å². The van der Waals surface area contributed by atoms with Gasteiger partial charge in [0, 0.05) is 26.7 Å². The lowest BCUT2D eigenvalue weighted by molar-refractivity contribution is -0.126. The first kappa shape index (κ1) is 17.9. The fraction of sp³-hybridized carbons (Fsp3) is 0.562. The molecule has 2 rings (SSSR count). The van der Waals surface area contributed by atoms with E-state index in [2.05, 4.69) is 5.32 Å². The van der Waals surface area contributed by atoms with Gasteiger partial charge in [0.15, 0.2) is 0 Å². The number of carbonyl (C=O) groups is 1. The van der Waals surface area contributed by atoms with Crippen LogP contribution in [0, 0.1) is 12.8 Å². The molecule has 1 fully saturated rings. The van der Waals surface area contributed by atoms with E-state index in [9.17, 15) is 13.2 Å². The molecule has 0 aliphatic carbocycles. The molecule has 1 N–H and O–H groups in total. The number of nitrogens with zero attached hydrogens (tertiary/aromatic N) is 1. The number of aryl methyl sites for hydroxylation is 1. The number of methoxy groups -OCH3 is 1. The summed E-state index contributed by atoms with van der Waals surface area (Å²) in [4.78, 5) is 12.4. The Hall–Kier alpha value is -1.44. The number of sulfonamides is 1. The third-order valence-electron chi connectivity index (χ3n) is 4.02. The van der Waals surface area contributed by atoms with Crippen molar-refractivity contribution < 1.29 is 17.9 Å². The summed E-state index contributed by atoms with van der Waals surface area (Å²) in [5.41, 5.74) is 1.01. The highest BCUT2D eigenvalue weighted by molar-refractivity contribution is 7.89. The maximum Gasteiger partial charge on any atom is 0.243 e. The van der Waals surface area contributed by atoms with Crippen LogP contribution < -0.4 is 5.32 Å². The summed E-state index contributed by atoms with van der Waals surface area (Å²) in [6.45, 7) is 3.49. The fourth-order valence-electron chi connectivity index (χ4n) is 2.65. The highest BCUT2D eigenvalue weighted by Gasteiger charge is 2.33. The average molecular weight is 340 g/mol. The zero-order valence-electron chi connectivity index (χ0n) is 13.6. The Morgan fingerprint density at radius 2 is 2.04 bits per heavy atom. The van der Waals surface area contributed by atoms with Gasteiger partial charge in [-0.25, -0.2) is 8.42 Å². The van der Waals surface area contributed by atoms with Crippen molar-refractivity contribution in [3.8, 4) is 0 Å². The molecule has 1 aromatic rings. The number of nitrogens with one attached hydrogen (secondary N) is 1. The van der Waals surface area contributed by atoms with Crippen LogP contribution in [-0.4, -0.2) is 52.0 Å². The molecule has 0 spiro atoms. The summed E-state index contributed by atoms with van der Waals surface area (Å²) in [7, 11) is -1.97. The van der Waals surface area contributed by atoms with Crippen LogP contribution in [0.25, 0.3) is 0 Å². The Bertz CT molecular complexity index is 628. The lowest BCUT2D eigenvalue weighted by atomic mass is 9.99. The van der Waals surface area contributed by atoms with Crippen LogP contribution in [0.1, 0.15) is 18.4 Å². The number of piperidine rings is 1. The van der Waals surface area contributed by atoms with Gasteiger partial charge in [0.05, 0.1) is 17.4 Å². The summed E-state index contributed by atoms with van der Waals surface area (Å²) in [6.07, 6.45) is 1.40. The van der Waals surface area contributed by atoms with E-state index in [1.165, 1.54) is 4.31 Å². The average Bonchev–Trinajstić information content (AvgIpc) is 2.55. The summed E-state index contributed by atoms with van der Waals surface area (Å²) >= 11 is 0. The Labute approximate surface area is 137 Å². The van der Waals surface area contributed by atoms with E-state index in [-0.39, 0.29) is 23.3 Å². The first-order valence-corrected chi connectivity index (χ1v) is 9.22. The van der Waals surface area contributed by atoms with Crippen molar-refractivity contribution in [1.82, 2.24) is 9.62 Å². The number of amides is 1. The molecule has 23 heavy (non-hydrogen) atoms. The van der Waals surface area contributed by atoms with Gasteiger partial charge in [-0.3, -0.25) is 4.79 Å². The number of benzene rings is 1. The molecule has 1 heterocycles. The summed E-state index contributed by atoms with van der Waals surface area (Å²) in [6, 6.07) is 6.80. The van der Waals surface area contributed by atoms with E-state index < -0.39 is 10.0 Å². The maximum absolute atomic E-state index is 12.7. The van der Waals surface area contributed by atoms with Gasteiger partial charge in [-0.05, 0) is 31.9 Å². The van der Waals surface area contributed by atoms with Crippen molar-refractivity contribution in [2.24, 2.45) is 5.92 Å². The van der Waals surface area contributed by atoms with Crippen LogP contribution >= 0.6 is 0 Å². The highest BCUT2D eigenvalue weighted by Crippen LogP contribution is 2.24. The molecule has 0 radical (unpaired) electrons. The molecule has 0 saturated carbocycles. The molecule has 1 saturated heterocycles. The Morgan fingerprint density at radius 1 is 1.35 bits per heavy atom. The standard InChI is InChI=1S/C16H24N2O4S/c1-13-5-7-15(8-6-13)23(20,21)18-10-3-4-14(12-18)16(19)17-9-11-22-2/h5-8,14H,3-4,9-12H2,1-2H3,(H,17,19)/t14-/m0/s1. The van der Waals surface area contributed by atoms with Crippen molar-refractivity contribution in [1.29, 1.82) is 0 Å². The first-order chi connectivity index (χ1) is 10.9. The minimum absolute atomic E-state index is 0.106. The van der Waals surface area contributed by atoms with E-state index >= 15 is 0 Å². The van der Waals surface area contributed by atoms with Crippen LogP contribution in [0.5, 0.6) is 0 Å². The van der Waals surface area contributed by atoms with Gasteiger partial charge in [0.25, 0.3) is 0 Å². The molecule has 0 bridgehead atoms. The summed E-state index contributed by atoms with van der Waals surface area (Å²) in [5, 5.41) is 2.79. The predicted molar refractivity (Wildman–Crippen MR) is 87.5 cm³/mol. The zero-order valence-corrected chi connectivity index (χ0v) is 14.4.